The minimum absolute atomic E-state index is 0.174. The summed E-state index contributed by atoms with van der Waals surface area (Å²) in [7, 11) is 1.89. The van der Waals surface area contributed by atoms with Gasteiger partial charge >= 0.3 is 0 Å². The van der Waals surface area contributed by atoms with Gasteiger partial charge in [0.05, 0.1) is 17.7 Å². The Morgan fingerprint density at radius 1 is 1.44 bits per heavy atom. The van der Waals surface area contributed by atoms with E-state index in [1.165, 1.54) is 6.42 Å². The monoisotopic (exact) mass is 249 g/mol. The van der Waals surface area contributed by atoms with Crippen LogP contribution in [0.4, 0.5) is 0 Å². The van der Waals surface area contributed by atoms with Crippen molar-refractivity contribution in [2.45, 2.75) is 57.4 Å². The molecule has 4 heteroatoms. The molecule has 0 bridgehead atoms. The molecule has 0 spiro atoms. The van der Waals surface area contributed by atoms with Crippen molar-refractivity contribution in [2.24, 2.45) is 12.8 Å². The van der Waals surface area contributed by atoms with Crippen LogP contribution >= 0.6 is 0 Å². The van der Waals surface area contributed by atoms with Gasteiger partial charge in [-0.05, 0) is 25.3 Å². The van der Waals surface area contributed by atoms with Gasteiger partial charge in [0, 0.05) is 12.7 Å². The molecule has 1 aliphatic rings. The van der Waals surface area contributed by atoms with Gasteiger partial charge in [-0.15, -0.1) is 0 Å². The lowest BCUT2D eigenvalue weighted by Crippen LogP contribution is -2.50. The molecule has 1 aromatic rings. The molecule has 0 amide bonds. The van der Waals surface area contributed by atoms with Crippen LogP contribution in [0.15, 0.2) is 6.07 Å². The van der Waals surface area contributed by atoms with Gasteiger partial charge in [-0.3, -0.25) is 9.48 Å². The standard InChI is InChI=1S/C14H23N3O/c1-3-11-9-12(17(2)16-11)10-13(18)14(15)7-5-4-6-8-14/h9H,3-8,10,15H2,1-2H3. The number of nitrogens with zero attached hydrogens (tertiary/aromatic N) is 2. The molecule has 0 saturated heterocycles. The fourth-order valence-electron chi connectivity index (χ4n) is 2.71. The van der Waals surface area contributed by atoms with E-state index in [-0.39, 0.29) is 5.78 Å². The fourth-order valence-corrected chi connectivity index (χ4v) is 2.71. The zero-order chi connectivity index (χ0) is 13.2. The molecule has 1 saturated carbocycles. The Kier molecular flexibility index (Phi) is 3.85. The summed E-state index contributed by atoms with van der Waals surface area (Å²) in [6.07, 6.45) is 6.35. The predicted octanol–water partition coefficient (Wildman–Crippen LogP) is 1.76. The van der Waals surface area contributed by atoms with E-state index >= 15 is 0 Å². The third-order valence-electron chi connectivity index (χ3n) is 4.03. The van der Waals surface area contributed by atoms with E-state index in [4.69, 9.17) is 5.73 Å². The maximum absolute atomic E-state index is 12.4. The quantitative estimate of drug-likeness (QED) is 0.884. The molecule has 2 N–H and O–H groups in total. The lowest BCUT2D eigenvalue weighted by molar-refractivity contribution is -0.124. The summed E-state index contributed by atoms with van der Waals surface area (Å²) in [5.74, 6) is 0.174. The SMILES string of the molecule is CCc1cc(CC(=O)C2(N)CCCCC2)n(C)n1. The summed E-state index contributed by atoms with van der Waals surface area (Å²) >= 11 is 0. The number of carbonyl (C=O) groups is 1. The van der Waals surface area contributed by atoms with Crippen LogP contribution in [0, 0.1) is 0 Å². The van der Waals surface area contributed by atoms with E-state index in [1.807, 2.05) is 17.8 Å². The minimum atomic E-state index is -0.588. The van der Waals surface area contributed by atoms with Crippen molar-refractivity contribution in [3.8, 4) is 0 Å². The highest BCUT2D eigenvalue weighted by Crippen LogP contribution is 2.27. The number of ketones is 1. The average Bonchev–Trinajstić information content (AvgIpc) is 2.71. The minimum Gasteiger partial charge on any atom is -0.319 e. The highest BCUT2D eigenvalue weighted by molar-refractivity contribution is 5.89. The largest absolute Gasteiger partial charge is 0.319 e. The van der Waals surface area contributed by atoms with Gasteiger partial charge < -0.3 is 5.73 Å². The van der Waals surface area contributed by atoms with Gasteiger partial charge in [0.15, 0.2) is 5.78 Å². The van der Waals surface area contributed by atoms with Crippen molar-refractivity contribution in [2.75, 3.05) is 0 Å². The smallest absolute Gasteiger partial charge is 0.158 e. The summed E-state index contributed by atoms with van der Waals surface area (Å²) in [6.45, 7) is 2.07. The van der Waals surface area contributed by atoms with Crippen molar-refractivity contribution >= 4 is 5.78 Å². The van der Waals surface area contributed by atoms with Gasteiger partial charge in [0.25, 0.3) is 0 Å². The maximum Gasteiger partial charge on any atom is 0.158 e. The summed E-state index contributed by atoms with van der Waals surface area (Å²) in [4.78, 5) is 12.4. The van der Waals surface area contributed by atoms with Crippen molar-refractivity contribution in [1.29, 1.82) is 0 Å². The molecule has 0 aliphatic heterocycles. The third kappa shape index (κ3) is 2.64. The summed E-state index contributed by atoms with van der Waals surface area (Å²) in [5.41, 5.74) is 7.69. The van der Waals surface area contributed by atoms with Crippen molar-refractivity contribution in [3.05, 3.63) is 17.5 Å². The first-order valence-corrected chi connectivity index (χ1v) is 6.89. The molecule has 2 rings (SSSR count). The molecule has 1 aliphatic carbocycles. The molecule has 18 heavy (non-hydrogen) atoms. The molecule has 0 unspecified atom stereocenters. The van der Waals surface area contributed by atoms with E-state index in [0.717, 1.165) is 43.5 Å². The van der Waals surface area contributed by atoms with Crippen LogP contribution in [0.5, 0.6) is 0 Å². The van der Waals surface area contributed by atoms with Gasteiger partial charge in [-0.25, -0.2) is 0 Å². The van der Waals surface area contributed by atoms with Gasteiger partial charge in [0.1, 0.15) is 0 Å². The average molecular weight is 249 g/mol. The lowest BCUT2D eigenvalue weighted by Gasteiger charge is -2.31. The summed E-state index contributed by atoms with van der Waals surface area (Å²) in [5, 5.41) is 4.37. The molecule has 1 aromatic heterocycles. The van der Waals surface area contributed by atoms with Gasteiger partial charge in [-0.1, -0.05) is 26.2 Å². The predicted molar refractivity (Wildman–Crippen MR) is 71.3 cm³/mol. The van der Waals surface area contributed by atoms with Crippen LogP contribution in [0.25, 0.3) is 0 Å². The van der Waals surface area contributed by atoms with Crippen LogP contribution in [0.1, 0.15) is 50.4 Å². The lowest BCUT2D eigenvalue weighted by atomic mass is 9.78. The highest BCUT2D eigenvalue weighted by Gasteiger charge is 2.35. The molecule has 100 valence electrons. The van der Waals surface area contributed by atoms with Crippen LogP contribution in [0.3, 0.4) is 0 Å². The third-order valence-corrected chi connectivity index (χ3v) is 4.03. The molecule has 1 heterocycles. The number of hydrogen-bond donors (Lipinski definition) is 1. The maximum atomic E-state index is 12.4. The first-order valence-electron chi connectivity index (χ1n) is 6.89. The number of aromatic nitrogens is 2. The Labute approximate surface area is 109 Å². The van der Waals surface area contributed by atoms with E-state index in [1.54, 1.807) is 0 Å². The van der Waals surface area contributed by atoms with E-state index in [0.29, 0.717) is 6.42 Å². The number of Topliss-reactive ketones (excluding diaryl/α,β-unsaturated/α-hetero) is 1. The second-order valence-corrected chi connectivity index (χ2v) is 5.42. The molecule has 0 aromatic carbocycles. The number of carbonyl (C=O) groups excluding carboxylic acids is 1. The molecule has 0 atom stereocenters. The van der Waals surface area contributed by atoms with Gasteiger partial charge in [-0.2, -0.15) is 5.10 Å². The zero-order valence-electron chi connectivity index (χ0n) is 11.4. The first kappa shape index (κ1) is 13.3. The number of nitrogens with two attached hydrogens (primary N) is 1. The normalized spacial score (nSPS) is 18.8. The van der Waals surface area contributed by atoms with Crippen LogP contribution in [0.2, 0.25) is 0 Å². The van der Waals surface area contributed by atoms with Crippen molar-refractivity contribution < 1.29 is 4.79 Å². The van der Waals surface area contributed by atoms with Crippen LogP contribution in [-0.4, -0.2) is 21.1 Å². The second kappa shape index (κ2) is 5.22. The fraction of sp³-hybridized carbons (Fsp3) is 0.714. The Hall–Kier alpha value is -1.16. The molecule has 1 fully saturated rings. The zero-order valence-corrected chi connectivity index (χ0v) is 11.4. The van der Waals surface area contributed by atoms with Crippen molar-refractivity contribution in [1.82, 2.24) is 9.78 Å². The molecule has 0 radical (unpaired) electrons. The Morgan fingerprint density at radius 2 is 2.11 bits per heavy atom. The van der Waals surface area contributed by atoms with Crippen LogP contribution < -0.4 is 5.73 Å². The number of aryl methyl sites for hydroxylation is 2. The Morgan fingerprint density at radius 3 is 2.67 bits per heavy atom. The molecular weight excluding hydrogens is 226 g/mol. The van der Waals surface area contributed by atoms with Gasteiger partial charge in [0.2, 0.25) is 0 Å². The van der Waals surface area contributed by atoms with E-state index in [2.05, 4.69) is 12.0 Å². The Bertz CT molecular complexity index is 430. The molecule has 4 nitrogen and oxygen atoms in total. The summed E-state index contributed by atoms with van der Waals surface area (Å²) in [6, 6.07) is 2.02. The number of rotatable bonds is 4. The topological polar surface area (TPSA) is 60.9 Å². The first-order chi connectivity index (χ1) is 8.55. The van der Waals surface area contributed by atoms with E-state index in [9.17, 15) is 4.79 Å². The van der Waals surface area contributed by atoms with E-state index < -0.39 is 5.54 Å². The second-order valence-electron chi connectivity index (χ2n) is 5.42. The van der Waals surface area contributed by atoms with Crippen molar-refractivity contribution in [3.63, 3.8) is 0 Å². The number of hydrogen-bond acceptors (Lipinski definition) is 3. The molecular formula is C14H23N3O. The highest BCUT2D eigenvalue weighted by atomic mass is 16.1. The summed E-state index contributed by atoms with van der Waals surface area (Å²) < 4.78 is 1.81. The Balaban J connectivity index is 2.08. The van der Waals surface area contributed by atoms with Crippen LogP contribution in [-0.2, 0) is 24.7 Å².